The van der Waals surface area contributed by atoms with Gasteiger partial charge in [-0.25, -0.2) is 24.1 Å². The minimum Gasteiger partial charge on any atom is -0.484 e. The Balaban J connectivity index is 1.10. The molecule has 3 aromatic heterocycles. The van der Waals surface area contributed by atoms with E-state index in [0.29, 0.717) is 29.1 Å². The molecule has 2 aromatic carbocycles. The van der Waals surface area contributed by atoms with Crippen molar-refractivity contribution in [1.82, 2.24) is 29.0 Å². The van der Waals surface area contributed by atoms with Crippen LogP contribution in [0.3, 0.4) is 0 Å². The van der Waals surface area contributed by atoms with E-state index in [1.807, 2.05) is 24.4 Å². The molecule has 0 radical (unpaired) electrons. The molecule has 0 aliphatic carbocycles. The van der Waals surface area contributed by atoms with Crippen molar-refractivity contribution < 1.29 is 23.8 Å². The molecule has 10 nitrogen and oxygen atoms in total. The monoisotopic (exact) mass is 662 g/mol. The van der Waals surface area contributed by atoms with Gasteiger partial charge in [0, 0.05) is 36.4 Å². The number of imidazole rings is 2. The fourth-order valence-corrected chi connectivity index (χ4v) is 5.77. The fraction of sp³-hybridized carbons (Fsp3) is 0.312. The fourth-order valence-electron chi connectivity index (χ4n) is 5.43. The van der Waals surface area contributed by atoms with Gasteiger partial charge in [0.05, 0.1) is 47.4 Å². The number of nitrogens with zero attached hydrogens (tertiary/aromatic N) is 6. The highest BCUT2D eigenvalue weighted by atomic mass is 79.9. The molecule has 0 amide bonds. The quantitative estimate of drug-likeness (QED) is 0.186. The maximum absolute atomic E-state index is 14.1. The van der Waals surface area contributed by atoms with E-state index in [1.165, 1.54) is 6.07 Å². The lowest BCUT2D eigenvalue weighted by Gasteiger charge is -2.31. The molecule has 0 bridgehead atoms. The summed E-state index contributed by atoms with van der Waals surface area (Å²) in [6.07, 6.45) is 5.30. The van der Waals surface area contributed by atoms with Gasteiger partial charge in [0.1, 0.15) is 18.5 Å². The van der Waals surface area contributed by atoms with E-state index < -0.39 is 11.8 Å². The Bertz CT molecular complexity index is 1780. The largest absolute Gasteiger partial charge is 0.484 e. The summed E-state index contributed by atoms with van der Waals surface area (Å²) < 4.78 is 30.8. The van der Waals surface area contributed by atoms with E-state index in [0.717, 1.165) is 55.0 Å². The summed E-state index contributed by atoms with van der Waals surface area (Å²) in [5, 5.41) is 9.59. The summed E-state index contributed by atoms with van der Waals surface area (Å²) in [7, 11) is 0. The van der Waals surface area contributed by atoms with Crippen molar-refractivity contribution in [2.45, 2.75) is 52.1 Å². The van der Waals surface area contributed by atoms with Gasteiger partial charge in [-0.1, -0.05) is 22.0 Å². The van der Waals surface area contributed by atoms with Gasteiger partial charge in [-0.3, -0.25) is 4.90 Å². The molecular formula is C32H32BrFN6O4. The van der Waals surface area contributed by atoms with E-state index >= 15 is 0 Å². The van der Waals surface area contributed by atoms with E-state index in [4.69, 9.17) is 14.5 Å². The summed E-state index contributed by atoms with van der Waals surface area (Å²) in [6.45, 7) is 5.78. The highest BCUT2D eigenvalue weighted by Gasteiger charge is 2.24. The Morgan fingerprint density at radius 2 is 1.93 bits per heavy atom. The lowest BCUT2D eigenvalue weighted by molar-refractivity contribution is 0.0697. The normalized spacial score (nSPS) is 14.2. The van der Waals surface area contributed by atoms with Gasteiger partial charge in [-0.15, -0.1) is 0 Å². The Morgan fingerprint density at radius 1 is 1.09 bits per heavy atom. The third-order valence-corrected chi connectivity index (χ3v) is 8.26. The van der Waals surface area contributed by atoms with Crippen molar-refractivity contribution in [2.75, 3.05) is 13.1 Å². The summed E-state index contributed by atoms with van der Waals surface area (Å²) in [6, 6.07) is 15.2. The van der Waals surface area contributed by atoms with Crippen molar-refractivity contribution in [3.8, 4) is 11.6 Å². The van der Waals surface area contributed by atoms with Crippen LogP contribution in [0.4, 0.5) is 4.39 Å². The van der Waals surface area contributed by atoms with Gasteiger partial charge in [0.2, 0.25) is 5.88 Å². The topological polar surface area (TPSA) is 108 Å². The van der Waals surface area contributed by atoms with E-state index in [1.54, 1.807) is 36.7 Å². The third-order valence-electron chi connectivity index (χ3n) is 7.77. The number of carboxylic acid groups (broad SMARTS) is 1. The van der Waals surface area contributed by atoms with Crippen molar-refractivity contribution in [1.29, 1.82) is 0 Å². The van der Waals surface area contributed by atoms with E-state index in [2.05, 4.69) is 46.9 Å². The third kappa shape index (κ3) is 6.76. The molecule has 0 spiro atoms. The molecule has 6 rings (SSSR count). The number of halogens is 2. The molecule has 1 saturated heterocycles. The zero-order valence-corrected chi connectivity index (χ0v) is 25.8. The van der Waals surface area contributed by atoms with Crippen LogP contribution in [0.15, 0.2) is 71.6 Å². The van der Waals surface area contributed by atoms with Gasteiger partial charge in [-0.2, -0.15) is 0 Å². The Labute approximate surface area is 262 Å². The van der Waals surface area contributed by atoms with Crippen molar-refractivity contribution in [3.05, 3.63) is 100 Å². The SMILES string of the molecule is CCn1cncc1Cn1c(CN2CCC(Oc3cccc(COc4ccc(Br)cc4F)n3)CC2)nc2ccc(C(=O)O)cc21. The van der Waals surface area contributed by atoms with Crippen molar-refractivity contribution in [2.24, 2.45) is 0 Å². The van der Waals surface area contributed by atoms with Crippen LogP contribution in [0.2, 0.25) is 0 Å². The van der Waals surface area contributed by atoms with Crippen LogP contribution in [0.25, 0.3) is 11.0 Å². The first-order valence-corrected chi connectivity index (χ1v) is 15.3. The highest BCUT2D eigenvalue weighted by molar-refractivity contribution is 9.10. The second kappa shape index (κ2) is 13.1. The second-order valence-corrected chi connectivity index (χ2v) is 11.6. The summed E-state index contributed by atoms with van der Waals surface area (Å²) >= 11 is 3.25. The zero-order chi connectivity index (χ0) is 30.6. The standard InChI is InChI=1S/C32H32BrFN6O4/c1-2-39-20-35-16-24(39)17-40-28-14-21(32(41)42)6-8-27(28)37-30(40)18-38-12-10-25(11-13-38)44-31-5-3-4-23(36-31)19-43-29-9-7-22(33)15-26(29)34/h3-9,14-16,20,25H,2,10-13,17-19H2,1H3,(H,41,42). The molecule has 4 heterocycles. The van der Waals surface area contributed by atoms with Crippen molar-refractivity contribution >= 4 is 32.9 Å². The number of hydrogen-bond donors (Lipinski definition) is 1. The Hall–Kier alpha value is -4.29. The number of likely N-dealkylation sites (tertiary alicyclic amines) is 1. The van der Waals surface area contributed by atoms with E-state index in [9.17, 15) is 14.3 Å². The summed E-state index contributed by atoms with van der Waals surface area (Å²) in [5.74, 6) is 0.159. The van der Waals surface area contributed by atoms with Crippen LogP contribution in [-0.2, 0) is 26.2 Å². The van der Waals surface area contributed by atoms with Gasteiger partial charge in [-0.05, 0) is 62.2 Å². The first-order chi connectivity index (χ1) is 21.4. The maximum Gasteiger partial charge on any atom is 0.335 e. The number of carboxylic acids is 1. The van der Waals surface area contributed by atoms with Gasteiger partial charge in [0.15, 0.2) is 11.6 Å². The molecule has 1 N–H and O–H groups in total. The second-order valence-electron chi connectivity index (χ2n) is 10.7. The molecule has 0 atom stereocenters. The first kappa shape index (κ1) is 29.8. The Kier molecular flexibility index (Phi) is 8.89. The number of hydrogen-bond acceptors (Lipinski definition) is 7. The number of aromatic nitrogens is 5. The number of rotatable bonds is 11. The molecule has 0 unspecified atom stereocenters. The number of piperidine rings is 1. The molecular weight excluding hydrogens is 631 g/mol. The van der Waals surface area contributed by atoms with Crippen LogP contribution in [-0.4, -0.2) is 59.3 Å². The molecule has 44 heavy (non-hydrogen) atoms. The van der Waals surface area contributed by atoms with Crippen LogP contribution in [0.5, 0.6) is 11.6 Å². The molecule has 12 heteroatoms. The number of benzene rings is 2. The van der Waals surface area contributed by atoms with Crippen LogP contribution in [0.1, 0.15) is 47.3 Å². The predicted octanol–water partition coefficient (Wildman–Crippen LogP) is 5.92. The number of pyridine rings is 1. The van der Waals surface area contributed by atoms with Crippen LogP contribution < -0.4 is 9.47 Å². The number of ether oxygens (including phenoxy) is 2. The number of fused-ring (bicyclic) bond motifs is 1. The number of aryl methyl sites for hydroxylation is 1. The first-order valence-electron chi connectivity index (χ1n) is 14.5. The predicted molar refractivity (Wildman–Crippen MR) is 165 cm³/mol. The molecule has 0 saturated carbocycles. The molecule has 1 fully saturated rings. The lowest BCUT2D eigenvalue weighted by Crippen LogP contribution is -2.38. The van der Waals surface area contributed by atoms with Crippen LogP contribution in [0, 0.1) is 5.82 Å². The van der Waals surface area contributed by atoms with Gasteiger partial charge in [0.25, 0.3) is 0 Å². The smallest absolute Gasteiger partial charge is 0.335 e. The zero-order valence-electron chi connectivity index (χ0n) is 24.2. The minimum atomic E-state index is -0.965. The van der Waals surface area contributed by atoms with Crippen molar-refractivity contribution in [3.63, 3.8) is 0 Å². The van der Waals surface area contributed by atoms with Gasteiger partial charge >= 0.3 is 5.97 Å². The lowest BCUT2D eigenvalue weighted by atomic mass is 10.1. The maximum atomic E-state index is 14.1. The molecule has 1 aliphatic heterocycles. The molecule has 1 aliphatic rings. The van der Waals surface area contributed by atoms with E-state index in [-0.39, 0.29) is 24.0 Å². The minimum absolute atomic E-state index is 0.00897. The van der Waals surface area contributed by atoms with Gasteiger partial charge < -0.3 is 23.7 Å². The summed E-state index contributed by atoms with van der Waals surface area (Å²) in [5.41, 5.74) is 3.47. The highest BCUT2D eigenvalue weighted by Crippen LogP contribution is 2.25. The average molecular weight is 664 g/mol. The number of aromatic carboxylic acids is 1. The average Bonchev–Trinajstić information content (AvgIpc) is 3.61. The summed E-state index contributed by atoms with van der Waals surface area (Å²) in [4.78, 5) is 27.8. The Morgan fingerprint density at radius 3 is 2.70 bits per heavy atom. The number of carbonyl (C=O) groups is 1. The molecule has 5 aromatic rings. The van der Waals surface area contributed by atoms with Crippen LogP contribution >= 0.6 is 15.9 Å². The molecule has 228 valence electrons.